The van der Waals surface area contributed by atoms with E-state index in [1.54, 1.807) is 36.4 Å². The fraction of sp³-hybridized carbons (Fsp3) is 0.286. The molecule has 2 atom stereocenters. The predicted molar refractivity (Wildman–Crippen MR) is 115 cm³/mol. The number of Topliss-reactive ketones (excluding diaryl/α,β-unsaturated/α-hetero) is 1. The summed E-state index contributed by atoms with van der Waals surface area (Å²) in [4.78, 5) is 14.8. The van der Waals surface area contributed by atoms with Gasteiger partial charge in [-0.25, -0.2) is 4.39 Å². The minimum absolute atomic E-state index is 0.0239. The Morgan fingerprint density at radius 1 is 1.07 bits per heavy atom. The van der Waals surface area contributed by atoms with Crippen molar-refractivity contribution < 1.29 is 9.18 Å². The molecule has 3 rings (SSSR count). The highest BCUT2D eigenvalue weighted by molar-refractivity contribution is 8.00. The van der Waals surface area contributed by atoms with Gasteiger partial charge in [0.05, 0.1) is 11.3 Å². The number of thioether (sulfide) groups is 1. The van der Waals surface area contributed by atoms with E-state index in [1.165, 1.54) is 23.9 Å². The van der Waals surface area contributed by atoms with Gasteiger partial charge in [-0.2, -0.15) is 0 Å². The van der Waals surface area contributed by atoms with Crippen molar-refractivity contribution in [1.29, 1.82) is 0 Å². The highest BCUT2D eigenvalue weighted by Gasteiger charge is 2.25. The Morgan fingerprint density at radius 3 is 2.28 bits per heavy atom. The molecule has 0 aliphatic rings. The summed E-state index contributed by atoms with van der Waals surface area (Å²) in [5.74, 6) is 0.377. The van der Waals surface area contributed by atoms with Crippen molar-refractivity contribution >= 4 is 29.1 Å². The smallest absolute Gasteiger partial charge is 0.196 e. The molecule has 2 unspecified atom stereocenters. The normalized spacial score (nSPS) is 13.5. The van der Waals surface area contributed by atoms with Crippen molar-refractivity contribution in [2.24, 2.45) is 0 Å². The Kier molecular flexibility index (Phi) is 6.72. The third-order valence-electron chi connectivity index (χ3n) is 4.67. The van der Waals surface area contributed by atoms with E-state index in [9.17, 15) is 9.18 Å². The molecule has 29 heavy (non-hydrogen) atoms. The number of benzene rings is 2. The summed E-state index contributed by atoms with van der Waals surface area (Å²) in [6, 6.07) is 13.0. The predicted octanol–water partition coefficient (Wildman–Crippen LogP) is 5.05. The van der Waals surface area contributed by atoms with E-state index in [2.05, 4.69) is 10.2 Å². The first-order chi connectivity index (χ1) is 13.8. The zero-order chi connectivity index (χ0) is 21.1. The third-order valence-corrected chi connectivity index (χ3v) is 5.97. The van der Waals surface area contributed by atoms with Crippen molar-refractivity contribution in [3.8, 4) is 5.69 Å². The van der Waals surface area contributed by atoms with Crippen LogP contribution in [0.5, 0.6) is 0 Å². The summed E-state index contributed by atoms with van der Waals surface area (Å²) in [5, 5.41) is 9.47. The first kappa shape index (κ1) is 21.5. The van der Waals surface area contributed by atoms with Gasteiger partial charge in [-0.05, 0) is 76.5 Å². The summed E-state index contributed by atoms with van der Waals surface area (Å²) in [5.41, 5.74) is 1.33. The second-order valence-electron chi connectivity index (χ2n) is 6.92. The van der Waals surface area contributed by atoms with Gasteiger partial charge in [0, 0.05) is 16.3 Å². The van der Waals surface area contributed by atoms with Crippen molar-refractivity contribution in [3.05, 3.63) is 70.8 Å². The Morgan fingerprint density at radius 2 is 1.69 bits per heavy atom. The number of carbonyl (C=O) groups excluding carboxylic acids is 1. The average molecular weight is 433 g/mol. The Hall–Kier alpha value is -2.22. The quantitative estimate of drug-likeness (QED) is 0.386. The summed E-state index contributed by atoms with van der Waals surface area (Å²) in [6.45, 7) is 3.85. The molecule has 152 valence electrons. The third kappa shape index (κ3) is 4.86. The molecule has 0 saturated heterocycles. The van der Waals surface area contributed by atoms with Gasteiger partial charge >= 0.3 is 0 Å². The molecule has 1 heterocycles. The Balaban J connectivity index is 1.95. The Labute approximate surface area is 178 Å². The van der Waals surface area contributed by atoms with Crippen molar-refractivity contribution in [3.63, 3.8) is 0 Å². The van der Waals surface area contributed by atoms with E-state index < -0.39 is 0 Å². The van der Waals surface area contributed by atoms with Crippen LogP contribution in [0.2, 0.25) is 5.02 Å². The number of hydrogen-bond acceptors (Lipinski definition) is 5. The molecule has 0 saturated carbocycles. The second kappa shape index (κ2) is 9.07. The molecule has 0 fully saturated rings. The van der Waals surface area contributed by atoms with E-state index in [1.807, 2.05) is 37.4 Å². The van der Waals surface area contributed by atoms with E-state index >= 15 is 0 Å². The number of hydrogen-bond donors (Lipinski definition) is 0. The molecule has 0 N–H and O–H groups in total. The molecule has 0 amide bonds. The van der Waals surface area contributed by atoms with E-state index in [-0.39, 0.29) is 22.9 Å². The fourth-order valence-electron chi connectivity index (χ4n) is 2.75. The lowest BCUT2D eigenvalue weighted by molar-refractivity contribution is 0.0994. The number of rotatable bonds is 7. The van der Waals surface area contributed by atoms with Crippen LogP contribution < -0.4 is 0 Å². The molecular weight excluding hydrogens is 411 g/mol. The van der Waals surface area contributed by atoms with Crippen LogP contribution in [0.4, 0.5) is 4.39 Å². The number of ketones is 1. The summed E-state index contributed by atoms with van der Waals surface area (Å²) >= 11 is 7.24. The molecule has 8 heteroatoms. The van der Waals surface area contributed by atoms with Crippen LogP contribution >= 0.6 is 23.4 Å². The SMILES string of the molecule is CC(Sc1nnc(C(C)N(C)C)n1-c1ccc(F)cc1)C(=O)c1ccc(Cl)cc1. The molecule has 0 aliphatic carbocycles. The zero-order valence-corrected chi connectivity index (χ0v) is 18.2. The maximum atomic E-state index is 13.4. The van der Waals surface area contributed by atoms with Crippen LogP contribution in [-0.4, -0.2) is 44.8 Å². The van der Waals surface area contributed by atoms with Crippen LogP contribution in [0.15, 0.2) is 53.7 Å². The first-order valence-electron chi connectivity index (χ1n) is 9.12. The summed E-state index contributed by atoms with van der Waals surface area (Å²) < 4.78 is 15.3. The van der Waals surface area contributed by atoms with Crippen molar-refractivity contribution in [2.45, 2.75) is 30.3 Å². The van der Waals surface area contributed by atoms with E-state index in [4.69, 9.17) is 11.6 Å². The lowest BCUT2D eigenvalue weighted by Gasteiger charge is -2.21. The number of carbonyl (C=O) groups is 1. The average Bonchev–Trinajstić information content (AvgIpc) is 3.11. The zero-order valence-electron chi connectivity index (χ0n) is 16.6. The van der Waals surface area contributed by atoms with Gasteiger partial charge in [-0.3, -0.25) is 14.3 Å². The molecule has 0 radical (unpaired) electrons. The standard InChI is InChI=1S/C21H22ClFN4OS/c1-13(26(3)4)20-24-25-21(27(20)18-11-9-17(23)10-12-18)29-14(2)19(28)15-5-7-16(22)8-6-15/h5-14H,1-4H3. The number of halogens is 2. The van der Waals surface area contributed by atoms with Crippen molar-refractivity contribution in [2.75, 3.05) is 14.1 Å². The number of nitrogens with zero attached hydrogens (tertiary/aromatic N) is 4. The molecule has 3 aromatic rings. The van der Waals surface area contributed by atoms with Gasteiger partial charge in [0.15, 0.2) is 16.8 Å². The summed E-state index contributed by atoms with van der Waals surface area (Å²) in [6.07, 6.45) is 0. The largest absolute Gasteiger partial charge is 0.300 e. The van der Waals surface area contributed by atoms with Crippen LogP contribution in [-0.2, 0) is 0 Å². The summed E-state index contributed by atoms with van der Waals surface area (Å²) in [7, 11) is 3.90. The molecule has 0 bridgehead atoms. The molecule has 5 nitrogen and oxygen atoms in total. The highest BCUT2D eigenvalue weighted by Crippen LogP contribution is 2.30. The lowest BCUT2D eigenvalue weighted by atomic mass is 10.1. The first-order valence-corrected chi connectivity index (χ1v) is 10.4. The van der Waals surface area contributed by atoms with Crippen LogP contribution in [0.1, 0.15) is 36.1 Å². The highest BCUT2D eigenvalue weighted by atomic mass is 35.5. The van der Waals surface area contributed by atoms with Gasteiger partial charge in [-0.1, -0.05) is 23.4 Å². The van der Waals surface area contributed by atoms with Crippen molar-refractivity contribution in [1.82, 2.24) is 19.7 Å². The monoisotopic (exact) mass is 432 g/mol. The lowest BCUT2D eigenvalue weighted by Crippen LogP contribution is -2.21. The maximum absolute atomic E-state index is 13.4. The second-order valence-corrected chi connectivity index (χ2v) is 8.67. The molecule has 0 aliphatic heterocycles. The minimum atomic E-state index is -0.387. The van der Waals surface area contributed by atoms with E-state index in [0.717, 1.165) is 11.5 Å². The van der Waals surface area contributed by atoms with Crippen LogP contribution in [0.3, 0.4) is 0 Å². The van der Waals surface area contributed by atoms with Crippen LogP contribution in [0, 0.1) is 5.82 Å². The van der Waals surface area contributed by atoms with Gasteiger partial charge in [0.1, 0.15) is 5.82 Å². The number of aromatic nitrogens is 3. The topological polar surface area (TPSA) is 51.0 Å². The van der Waals surface area contributed by atoms with Gasteiger partial charge in [-0.15, -0.1) is 10.2 Å². The van der Waals surface area contributed by atoms with E-state index in [0.29, 0.717) is 15.7 Å². The molecule has 1 aromatic heterocycles. The fourth-order valence-corrected chi connectivity index (χ4v) is 3.83. The van der Waals surface area contributed by atoms with Crippen LogP contribution in [0.25, 0.3) is 5.69 Å². The van der Waals surface area contributed by atoms with Gasteiger partial charge in [0.25, 0.3) is 0 Å². The Bertz CT molecular complexity index is 989. The molecule has 2 aromatic carbocycles. The minimum Gasteiger partial charge on any atom is -0.300 e. The van der Waals surface area contributed by atoms with Gasteiger partial charge < -0.3 is 0 Å². The molecule has 0 spiro atoms. The van der Waals surface area contributed by atoms with Gasteiger partial charge in [0.2, 0.25) is 0 Å². The molecular formula is C21H22ClFN4OS. The maximum Gasteiger partial charge on any atom is 0.196 e.